The summed E-state index contributed by atoms with van der Waals surface area (Å²) in [6.45, 7) is 0.753. The summed E-state index contributed by atoms with van der Waals surface area (Å²) in [4.78, 5) is 17.1. The number of hydroxylamine groups is 1. The minimum atomic E-state index is -0.305. The molecule has 0 aromatic heterocycles. The fourth-order valence-corrected chi connectivity index (χ4v) is 1.29. The molecule has 1 heterocycles. The van der Waals surface area contributed by atoms with E-state index in [2.05, 4.69) is 5.48 Å². The van der Waals surface area contributed by atoms with Gasteiger partial charge in [0.05, 0.1) is 0 Å². The lowest BCUT2D eigenvalue weighted by Gasteiger charge is -2.41. The monoisotopic (exact) mass is 200 g/mol. The van der Waals surface area contributed by atoms with Gasteiger partial charge < -0.3 is 4.90 Å². The second kappa shape index (κ2) is 4.94. The topological polar surface area (TPSA) is 48.1 Å². The summed E-state index contributed by atoms with van der Waals surface area (Å²) in [5.74, 6) is 0. The number of rotatable bonds is 4. The fourth-order valence-electron chi connectivity index (χ4n) is 1.29. The van der Waals surface area contributed by atoms with Crippen LogP contribution in [-0.2, 0) is 9.63 Å². The summed E-state index contributed by atoms with van der Waals surface area (Å²) in [7, 11) is 5.72. The Morgan fingerprint density at radius 1 is 1.64 bits per heavy atom. The third kappa shape index (κ3) is 2.44. The fraction of sp³-hybridized carbons (Fsp3) is 0.625. The van der Waals surface area contributed by atoms with Crippen LogP contribution < -0.4 is 5.48 Å². The van der Waals surface area contributed by atoms with E-state index in [0.29, 0.717) is 6.41 Å². The number of carbonyl (C=O) groups excluding carboxylic acids is 1. The van der Waals surface area contributed by atoms with E-state index in [9.17, 15) is 4.79 Å². The van der Waals surface area contributed by atoms with Crippen LogP contribution in [0.25, 0.3) is 0 Å². The second-order valence-electron chi connectivity index (χ2n) is 3.20. The van der Waals surface area contributed by atoms with Crippen LogP contribution in [-0.4, -0.2) is 55.4 Å². The lowest BCUT2D eigenvalue weighted by atomic mass is 10.4. The van der Waals surface area contributed by atoms with Gasteiger partial charge in [0.1, 0.15) is 0 Å². The Balaban J connectivity index is 2.63. The zero-order chi connectivity index (χ0) is 10.6. The van der Waals surface area contributed by atoms with Gasteiger partial charge in [-0.25, -0.2) is 15.3 Å². The quantitative estimate of drug-likeness (QED) is 0.475. The van der Waals surface area contributed by atoms with Gasteiger partial charge in [0, 0.05) is 27.7 Å². The molecule has 6 nitrogen and oxygen atoms in total. The molecule has 1 rings (SSSR count). The lowest BCUT2D eigenvalue weighted by Crippen LogP contribution is -2.55. The van der Waals surface area contributed by atoms with Crippen LogP contribution in [0, 0.1) is 0 Å². The molecule has 1 amide bonds. The van der Waals surface area contributed by atoms with Crippen LogP contribution >= 0.6 is 0 Å². The average Bonchev–Trinajstić information content (AvgIpc) is 2.15. The molecule has 1 unspecified atom stereocenters. The first-order valence-corrected chi connectivity index (χ1v) is 4.34. The molecule has 0 saturated carbocycles. The summed E-state index contributed by atoms with van der Waals surface area (Å²) >= 11 is 0. The van der Waals surface area contributed by atoms with Crippen LogP contribution in [0.4, 0.5) is 0 Å². The number of carbonyl (C=O) groups is 1. The van der Waals surface area contributed by atoms with Gasteiger partial charge in [-0.3, -0.25) is 4.79 Å². The molecule has 80 valence electrons. The van der Waals surface area contributed by atoms with Crippen molar-refractivity contribution in [3.05, 3.63) is 12.3 Å². The maximum absolute atomic E-state index is 10.1. The Labute approximate surface area is 83.6 Å². The van der Waals surface area contributed by atoms with Gasteiger partial charge in [-0.05, 0) is 6.20 Å². The van der Waals surface area contributed by atoms with Crippen molar-refractivity contribution < 1.29 is 9.63 Å². The summed E-state index contributed by atoms with van der Waals surface area (Å²) in [6, 6.07) is 0. The van der Waals surface area contributed by atoms with Crippen molar-refractivity contribution in [2.24, 2.45) is 0 Å². The minimum Gasteiger partial charge on any atom is -0.341 e. The van der Waals surface area contributed by atoms with E-state index < -0.39 is 0 Å². The molecule has 6 heteroatoms. The highest BCUT2D eigenvalue weighted by Crippen LogP contribution is 2.11. The largest absolute Gasteiger partial charge is 0.341 e. The molecule has 0 aliphatic carbocycles. The molecule has 14 heavy (non-hydrogen) atoms. The molecule has 0 saturated heterocycles. The third-order valence-electron chi connectivity index (χ3n) is 1.97. The number of hydrazine groups is 1. The van der Waals surface area contributed by atoms with E-state index in [-0.39, 0.29) is 6.35 Å². The standard InChI is InChI=1S/C8H16N4O2/c1-10(2)12-6-4-5-11(3)8(12)14-9-7-13/h4-5,7-8H,6H2,1-3H3,(H,9,13). The second-order valence-corrected chi connectivity index (χ2v) is 3.20. The van der Waals surface area contributed by atoms with Gasteiger partial charge >= 0.3 is 0 Å². The van der Waals surface area contributed by atoms with Crippen LogP contribution in [0.1, 0.15) is 0 Å². The number of hydrogen-bond acceptors (Lipinski definition) is 5. The third-order valence-corrected chi connectivity index (χ3v) is 1.97. The number of amides is 1. The summed E-state index contributed by atoms with van der Waals surface area (Å²) in [5.41, 5.74) is 2.21. The number of nitrogens with one attached hydrogen (secondary N) is 1. The van der Waals surface area contributed by atoms with E-state index in [4.69, 9.17) is 4.84 Å². The van der Waals surface area contributed by atoms with Crippen molar-refractivity contribution in [3.63, 3.8) is 0 Å². The lowest BCUT2D eigenvalue weighted by molar-refractivity contribution is -0.224. The van der Waals surface area contributed by atoms with Gasteiger partial charge in [-0.15, -0.1) is 0 Å². The molecule has 0 fully saturated rings. The normalized spacial score (nSPS) is 22.9. The van der Waals surface area contributed by atoms with E-state index in [1.165, 1.54) is 0 Å². The molecule has 0 radical (unpaired) electrons. The van der Waals surface area contributed by atoms with E-state index >= 15 is 0 Å². The molecule has 1 aliphatic heterocycles. The predicted molar refractivity (Wildman–Crippen MR) is 51.4 cm³/mol. The maximum atomic E-state index is 10.1. The van der Waals surface area contributed by atoms with Crippen molar-refractivity contribution in [2.45, 2.75) is 6.35 Å². The van der Waals surface area contributed by atoms with Crippen molar-refractivity contribution in [1.29, 1.82) is 0 Å². The number of nitrogens with zero attached hydrogens (tertiary/aromatic N) is 3. The van der Waals surface area contributed by atoms with Crippen LogP contribution in [0.3, 0.4) is 0 Å². The maximum Gasteiger partial charge on any atom is 0.230 e. The zero-order valence-electron chi connectivity index (χ0n) is 8.67. The Morgan fingerprint density at radius 2 is 2.36 bits per heavy atom. The smallest absolute Gasteiger partial charge is 0.230 e. The molecule has 0 aromatic rings. The Morgan fingerprint density at radius 3 is 2.93 bits per heavy atom. The molecule has 1 atom stereocenters. The van der Waals surface area contributed by atoms with Crippen molar-refractivity contribution >= 4 is 6.41 Å². The Kier molecular flexibility index (Phi) is 3.87. The van der Waals surface area contributed by atoms with Crippen LogP contribution in [0.2, 0.25) is 0 Å². The Hall–Kier alpha value is -1.11. The van der Waals surface area contributed by atoms with Crippen molar-refractivity contribution in [1.82, 2.24) is 20.4 Å². The first kappa shape index (κ1) is 11.0. The van der Waals surface area contributed by atoms with Gasteiger partial charge in [-0.1, -0.05) is 6.08 Å². The van der Waals surface area contributed by atoms with Gasteiger partial charge in [0.25, 0.3) is 0 Å². The van der Waals surface area contributed by atoms with E-state index in [0.717, 1.165) is 6.54 Å². The van der Waals surface area contributed by atoms with Gasteiger partial charge in [-0.2, -0.15) is 5.01 Å². The summed E-state index contributed by atoms with van der Waals surface area (Å²) < 4.78 is 0. The highest BCUT2D eigenvalue weighted by molar-refractivity contribution is 5.43. The first-order chi connectivity index (χ1) is 6.66. The Bertz CT molecular complexity index is 219. The SMILES string of the molecule is CN1C=CCN(N(C)C)C1ONC=O. The first-order valence-electron chi connectivity index (χ1n) is 4.34. The number of hydrogen-bond donors (Lipinski definition) is 1. The minimum absolute atomic E-state index is 0.305. The van der Waals surface area contributed by atoms with Crippen molar-refractivity contribution in [2.75, 3.05) is 27.7 Å². The van der Waals surface area contributed by atoms with Gasteiger partial charge in [0.2, 0.25) is 12.8 Å². The molecule has 1 N–H and O–H groups in total. The van der Waals surface area contributed by atoms with Gasteiger partial charge in [0.15, 0.2) is 0 Å². The summed E-state index contributed by atoms with van der Waals surface area (Å²) in [5, 5.41) is 3.87. The molecule has 0 spiro atoms. The predicted octanol–water partition coefficient (Wildman–Crippen LogP) is -0.815. The molecular weight excluding hydrogens is 184 g/mol. The molecule has 1 aliphatic rings. The average molecular weight is 200 g/mol. The summed E-state index contributed by atoms with van der Waals surface area (Å²) in [6.07, 6.45) is 4.14. The highest BCUT2D eigenvalue weighted by atomic mass is 16.7. The van der Waals surface area contributed by atoms with Crippen LogP contribution in [0.5, 0.6) is 0 Å². The van der Waals surface area contributed by atoms with E-state index in [1.807, 2.05) is 48.3 Å². The van der Waals surface area contributed by atoms with E-state index in [1.54, 1.807) is 0 Å². The highest BCUT2D eigenvalue weighted by Gasteiger charge is 2.26. The zero-order valence-corrected chi connectivity index (χ0v) is 8.67. The van der Waals surface area contributed by atoms with Crippen molar-refractivity contribution in [3.8, 4) is 0 Å². The molecule has 0 aromatic carbocycles. The van der Waals surface area contributed by atoms with Crippen LogP contribution in [0.15, 0.2) is 12.3 Å². The molecule has 0 bridgehead atoms. The molecular formula is C8H16N4O2.